The summed E-state index contributed by atoms with van der Waals surface area (Å²) in [5, 5.41) is 4.01. The van der Waals surface area contributed by atoms with Crippen LogP contribution in [-0.2, 0) is 9.53 Å². The molecule has 0 atom stereocenters. The first-order valence-corrected chi connectivity index (χ1v) is 10.0. The van der Waals surface area contributed by atoms with Crippen LogP contribution in [0.2, 0.25) is 0 Å². The molecule has 2 aromatic carbocycles. The minimum Gasteiger partial charge on any atom is -0.481 e. The fraction of sp³-hybridized carbons (Fsp3) is 0.286. The number of hydrogen-bond acceptors (Lipinski definition) is 6. The maximum Gasteiger partial charge on any atom is 0.343 e. The van der Waals surface area contributed by atoms with E-state index in [9.17, 15) is 9.59 Å². The van der Waals surface area contributed by atoms with E-state index in [2.05, 4.69) is 36.1 Å². The van der Waals surface area contributed by atoms with Gasteiger partial charge in [0.25, 0.3) is 5.91 Å². The van der Waals surface area contributed by atoms with Crippen molar-refractivity contribution >= 4 is 39.7 Å². The summed E-state index contributed by atoms with van der Waals surface area (Å²) in [4.78, 5) is 25.9. The zero-order chi connectivity index (χ0) is 20.6. The van der Waals surface area contributed by atoms with Gasteiger partial charge in [0.05, 0.1) is 13.3 Å². The zero-order valence-electron chi connectivity index (χ0n) is 16.1. The third-order valence-corrected chi connectivity index (χ3v) is 5.01. The number of carbonyl (C=O) groups is 2. The highest BCUT2D eigenvalue weighted by Gasteiger charge is 2.13. The Kier molecular flexibility index (Phi) is 7.24. The first kappa shape index (κ1) is 20.9. The number of hydrogen-bond donors (Lipinski definition) is 1. The second-order valence-corrected chi connectivity index (χ2v) is 7.40. The third-order valence-electron chi connectivity index (χ3n) is 4.52. The number of halogens is 1. The monoisotopic (exact) mass is 459 g/mol. The lowest BCUT2D eigenvalue weighted by Crippen LogP contribution is -2.19. The van der Waals surface area contributed by atoms with Crippen LogP contribution in [0.5, 0.6) is 5.75 Å². The topological polar surface area (TPSA) is 80.2 Å². The molecule has 0 spiro atoms. The van der Waals surface area contributed by atoms with Crippen LogP contribution in [0, 0.1) is 0 Å². The van der Waals surface area contributed by atoms with Gasteiger partial charge in [-0.15, -0.1) is 0 Å². The number of rotatable bonds is 7. The summed E-state index contributed by atoms with van der Waals surface area (Å²) in [6.07, 6.45) is 3.88. The molecule has 0 radical (unpaired) electrons. The highest BCUT2D eigenvalue weighted by Crippen LogP contribution is 2.22. The summed E-state index contributed by atoms with van der Waals surface area (Å²) in [5.41, 5.74) is 4.78. The molecule has 0 aromatic heterocycles. The lowest BCUT2D eigenvalue weighted by atomic mass is 10.2. The second-order valence-electron chi connectivity index (χ2n) is 6.49. The lowest BCUT2D eigenvalue weighted by Gasteiger charge is -2.17. The largest absolute Gasteiger partial charge is 0.481 e. The predicted molar refractivity (Wildman–Crippen MR) is 115 cm³/mol. The number of nitrogens with zero attached hydrogens (tertiary/aromatic N) is 2. The van der Waals surface area contributed by atoms with Crippen LogP contribution < -0.4 is 15.1 Å². The van der Waals surface area contributed by atoms with E-state index in [0.29, 0.717) is 16.9 Å². The summed E-state index contributed by atoms with van der Waals surface area (Å²) in [6.45, 7) is 1.90. The fourth-order valence-electron chi connectivity index (χ4n) is 2.97. The molecule has 8 heteroatoms. The number of benzene rings is 2. The number of methoxy groups -OCH3 is 1. The van der Waals surface area contributed by atoms with Gasteiger partial charge in [0, 0.05) is 34.4 Å². The molecule has 7 nitrogen and oxygen atoms in total. The molecule has 0 unspecified atom stereocenters. The predicted octanol–water partition coefficient (Wildman–Crippen LogP) is 3.37. The van der Waals surface area contributed by atoms with Crippen molar-refractivity contribution in [2.45, 2.75) is 12.8 Å². The Bertz CT molecular complexity index is 893. The van der Waals surface area contributed by atoms with Crippen LogP contribution in [-0.4, -0.2) is 44.9 Å². The molecule has 29 heavy (non-hydrogen) atoms. The standard InChI is InChI=1S/C21H22BrN3O4/c1-28-20(26)14-29-19-9-6-17(22)12-16(19)13-23-24-21(27)15-4-7-18(8-5-15)25-10-2-3-11-25/h4-9,12-13H,2-3,10-11,14H2,1H3,(H,24,27)/b23-13-. The third kappa shape index (κ3) is 5.80. The molecule has 1 fully saturated rings. The van der Waals surface area contributed by atoms with Gasteiger partial charge in [-0.05, 0) is 55.3 Å². The van der Waals surface area contributed by atoms with Gasteiger partial charge in [0.15, 0.2) is 6.61 Å². The maximum atomic E-state index is 12.3. The zero-order valence-corrected chi connectivity index (χ0v) is 17.6. The van der Waals surface area contributed by atoms with E-state index >= 15 is 0 Å². The molecule has 1 amide bonds. The number of hydrazone groups is 1. The number of nitrogens with one attached hydrogen (secondary N) is 1. The Morgan fingerprint density at radius 2 is 1.90 bits per heavy atom. The van der Waals surface area contributed by atoms with Crippen molar-refractivity contribution in [2.24, 2.45) is 5.10 Å². The van der Waals surface area contributed by atoms with Crippen molar-refractivity contribution in [2.75, 3.05) is 31.7 Å². The first-order chi connectivity index (χ1) is 14.1. The van der Waals surface area contributed by atoms with E-state index in [1.807, 2.05) is 12.1 Å². The van der Waals surface area contributed by atoms with Gasteiger partial charge in [-0.2, -0.15) is 5.10 Å². The molecule has 3 rings (SSSR count). The van der Waals surface area contributed by atoms with Crippen molar-refractivity contribution < 1.29 is 19.1 Å². The molecular weight excluding hydrogens is 438 g/mol. The summed E-state index contributed by atoms with van der Waals surface area (Å²) in [7, 11) is 1.29. The molecule has 1 aliphatic heterocycles. The van der Waals surface area contributed by atoms with Crippen LogP contribution in [0.3, 0.4) is 0 Å². The smallest absolute Gasteiger partial charge is 0.343 e. The van der Waals surface area contributed by atoms with Crippen molar-refractivity contribution in [3.05, 3.63) is 58.1 Å². The molecule has 0 saturated carbocycles. The van der Waals surface area contributed by atoms with Crippen molar-refractivity contribution in [3.8, 4) is 5.75 Å². The molecular formula is C21H22BrN3O4. The number of ether oxygens (including phenoxy) is 2. The van der Waals surface area contributed by atoms with E-state index in [1.165, 1.54) is 26.2 Å². The van der Waals surface area contributed by atoms with Crippen molar-refractivity contribution in [3.63, 3.8) is 0 Å². The van der Waals surface area contributed by atoms with Gasteiger partial charge in [-0.1, -0.05) is 15.9 Å². The number of carbonyl (C=O) groups excluding carboxylic acids is 2. The average molecular weight is 460 g/mol. The molecule has 0 aliphatic carbocycles. The second kappa shape index (κ2) is 10.1. The average Bonchev–Trinajstić information content (AvgIpc) is 3.28. The van der Waals surface area contributed by atoms with Crippen molar-refractivity contribution in [1.82, 2.24) is 5.43 Å². The number of esters is 1. The van der Waals surface area contributed by atoms with Crippen LogP contribution in [0.15, 0.2) is 52.0 Å². The quantitative estimate of drug-likeness (QED) is 0.390. The minimum absolute atomic E-state index is 0.214. The van der Waals surface area contributed by atoms with Gasteiger partial charge < -0.3 is 14.4 Å². The SMILES string of the molecule is COC(=O)COc1ccc(Br)cc1/C=N\NC(=O)c1ccc(N2CCCC2)cc1. The fourth-order valence-corrected chi connectivity index (χ4v) is 3.35. The van der Waals surface area contributed by atoms with Crippen LogP contribution in [0.25, 0.3) is 0 Å². The van der Waals surface area contributed by atoms with E-state index < -0.39 is 5.97 Å². The maximum absolute atomic E-state index is 12.3. The Labute approximate surface area is 177 Å². The normalized spacial score (nSPS) is 13.5. The molecule has 0 bridgehead atoms. The lowest BCUT2D eigenvalue weighted by molar-refractivity contribution is -0.142. The van der Waals surface area contributed by atoms with E-state index in [1.54, 1.807) is 30.3 Å². The Morgan fingerprint density at radius 1 is 1.17 bits per heavy atom. The Hall–Kier alpha value is -2.87. The molecule has 1 saturated heterocycles. The highest BCUT2D eigenvalue weighted by atomic mass is 79.9. The van der Waals surface area contributed by atoms with Gasteiger partial charge >= 0.3 is 5.97 Å². The van der Waals surface area contributed by atoms with Crippen LogP contribution in [0.4, 0.5) is 5.69 Å². The van der Waals surface area contributed by atoms with E-state index in [0.717, 1.165) is 23.2 Å². The Morgan fingerprint density at radius 3 is 2.59 bits per heavy atom. The molecule has 1 heterocycles. The summed E-state index contributed by atoms with van der Waals surface area (Å²) >= 11 is 3.38. The Balaban J connectivity index is 1.62. The minimum atomic E-state index is -0.485. The van der Waals surface area contributed by atoms with Gasteiger partial charge in [0.2, 0.25) is 0 Å². The van der Waals surface area contributed by atoms with E-state index in [4.69, 9.17) is 4.74 Å². The van der Waals surface area contributed by atoms with Gasteiger partial charge in [-0.3, -0.25) is 4.79 Å². The molecule has 152 valence electrons. The molecule has 2 aromatic rings. The van der Waals surface area contributed by atoms with Crippen LogP contribution in [0.1, 0.15) is 28.8 Å². The van der Waals surface area contributed by atoms with Crippen molar-refractivity contribution in [1.29, 1.82) is 0 Å². The van der Waals surface area contributed by atoms with Gasteiger partial charge in [0.1, 0.15) is 5.75 Å². The summed E-state index contributed by atoms with van der Waals surface area (Å²) in [5.74, 6) is -0.339. The van der Waals surface area contributed by atoms with Gasteiger partial charge in [-0.25, -0.2) is 10.2 Å². The summed E-state index contributed by atoms with van der Waals surface area (Å²) < 4.78 is 10.8. The van der Waals surface area contributed by atoms with E-state index in [-0.39, 0.29) is 12.5 Å². The number of anilines is 1. The number of amides is 1. The van der Waals surface area contributed by atoms with Crippen LogP contribution >= 0.6 is 15.9 Å². The summed E-state index contributed by atoms with van der Waals surface area (Å²) in [6, 6.07) is 12.8. The first-order valence-electron chi connectivity index (χ1n) is 9.24. The highest BCUT2D eigenvalue weighted by molar-refractivity contribution is 9.10. The molecule has 1 N–H and O–H groups in total. The molecule has 1 aliphatic rings.